The number of nitrogens with zero attached hydrogens (tertiary/aromatic N) is 2. The molecule has 0 bridgehead atoms. The lowest BCUT2D eigenvalue weighted by molar-refractivity contribution is 0.0698. The fraction of sp³-hybridized carbons (Fsp3) is 0.400. The lowest BCUT2D eigenvalue weighted by atomic mass is 10.1. The Morgan fingerprint density at radius 1 is 1.32 bits per heavy atom. The standard InChI is InChI=1S/C20H19ClN2O5/c1-25-16-8-13(21)6-12-7-17(27-18(12)16)20(24)23-4-2-15-14(9-23)22-19(28-15)11-3-5-26-10-11/h6-8,11H,2-5,9-10H2,1H3. The van der Waals surface area contributed by atoms with Crippen molar-refractivity contribution in [3.05, 3.63) is 46.3 Å². The first-order valence-corrected chi connectivity index (χ1v) is 9.62. The first-order chi connectivity index (χ1) is 13.6. The van der Waals surface area contributed by atoms with Crippen LogP contribution in [0.25, 0.3) is 11.0 Å². The molecule has 7 nitrogen and oxygen atoms in total. The molecule has 4 heterocycles. The topological polar surface area (TPSA) is 77.9 Å². The van der Waals surface area contributed by atoms with Gasteiger partial charge in [0, 0.05) is 36.0 Å². The molecule has 2 aliphatic heterocycles. The van der Waals surface area contributed by atoms with Crippen LogP contribution >= 0.6 is 11.6 Å². The van der Waals surface area contributed by atoms with Crippen LogP contribution in [-0.4, -0.2) is 42.7 Å². The van der Waals surface area contributed by atoms with Gasteiger partial charge in [-0.2, -0.15) is 0 Å². The van der Waals surface area contributed by atoms with Gasteiger partial charge in [-0.25, -0.2) is 4.98 Å². The minimum atomic E-state index is -0.186. The number of ether oxygens (including phenoxy) is 2. The number of carbonyl (C=O) groups is 1. The van der Waals surface area contributed by atoms with Crippen LogP contribution in [0.3, 0.4) is 0 Å². The van der Waals surface area contributed by atoms with Gasteiger partial charge in [-0.05, 0) is 18.6 Å². The van der Waals surface area contributed by atoms with Crippen molar-refractivity contribution in [2.24, 2.45) is 0 Å². The molecule has 1 aromatic carbocycles. The van der Waals surface area contributed by atoms with E-state index in [1.165, 1.54) is 0 Å². The molecular formula is C20H19ClN2O5. The smallest absolute Gasteiger partial charge is 0.289 e. The van der Waals surface area contributed by atoms with E-state index in [0.717, 1.165) is 35.8 Å². The quantitative estimate of drug-likeness (QED) is 0.663. The highest BCUT2D eigenvalue weighted by molar-refractivity contribution is 6.31. The average molecular weight is 403 g/mol. The van der Waals surface area contributed by atoms with Crippen LogP contribution in [0.15, 0.2) is 27.0 Å². The fourth-order valence-electron chi connectivity index (χ4n) is 3.79. The molecule has 146 valence electrons. The van der Waals surface area contributed by atoms with Gasteiger partial charge >= 0.3 is 0 Å². The second-order valence-electron chi connectivity index (χ2n) is 7.10. The van der Waals surface area contributed by atoms with Gasteiger partial charge in [-0.1, -0.05) is 11.6 Å². The number of hydrogen-bond donors (Lipinski definition) is 0. The van der Waals surface area contributed by atoms with Gasteiger partial charge in [0.25, 0.3) is 5.91 Å². The zero-order valence-electron chi connectivity index (χ0n) is 15.4. The predicted octanol–water partition coefficient (Wildman–Crippen LogP) is 3.79. The van der Waals surface area contributed by atoms with Crippen LogP contribution in [0.4, 0.5) is 0 Å². The van der Waals surface area contributed by atoms with E-state index < -0.39 is 0 Å². The number of oxazole rings is 1. The molecule has 0 N–H and O–H groups in total. The summed E-state index contributed by atoms with van der Waals surface area (Å²) in [6.45, 7) is 2.34. The summed E-state index contributed by atoms with van der Waals surface area (Å²) >= 11 is 6.11. The zero-order valence-corrected chi connectivity index (χ0v) is 16.1. The molecule has 2 aromatic heterocycles. The average Bonchev–Trinajstić information content (AvgIpc) is 3.43. The van der Waals surface area contributed by atoms with Crippen LogP contribution < -0.4 is 4.74 Å². The molecule has 0 spiro atoms. The summed E-state index contributed by atoms with van der Waals surface area (Å²) in [6, 6.07) is 5.12. The SMILES string of the molecule is COc1cc(Cl)cc2cc(C(=O)N3CCc4oc(C5CCOC5)nc4C3)oc12. The third-order valence-electron chi connectivity index (χ3n) is 5.29. The van der Waals surface area contributed by atoms with Gasteiger partial charge in [0.15, 0.2) is 23.0 Å². The summed E-state index contributed by atoms with van der Waals surface area (Å²) < 4.78 is 22.5. The molecule has 1 atom stereocenters. The Labute approximate surface area is 166 Å². The first kappa shape index (κ1) is 17.6. The number of methoxy groups -OCH3 is 1. The maximum Gasteiger partial charge on any atom is 0.289 e. The molecule has 0 radical (unpaired) electrons. The third kappa shape index (κ3) is 2.95. The van der Waals surface area contributed by atoms with Crippen LogP contribution in [0.1, 0.15) is 40.2 Å². The molecule has 2 aliphatic rings. The molecule has 8 heteroatoms. The Bertz CT molecular complexity index is 1050. The van der Waals surface area contributed by atoms with Crippen molar-refractivity contribution in [3.63, 3.8) is 0 Å². The molecule has 1 amide bonds. The minimum Gasteiger partial charge on any atom is -0.493 e. The Balaban J connectivity index is 1.40. The normalized spacial score (nSPS) is 19.2. The van der Waals surface area contributed by atoms with Crippen molar-refractivity contribution in [3.8, 4) is 5.75 Å². The van der Waals surface area contributed by atoms with E-state index in [4.69, 9.17) is 29.9 Å². The summed E-state index contributed by atoms with van der Waals surface area (Å²) in [5.41, 5.74) is 1.33. The van der Waals surface area contributed by atoms with E-state index in [9.17, 15) is 4.79 Å². The van der Waals surface area contributed by atoms with Crippen molar-refractivity contribution in [2.45, 2.75) is 25.3 Å². The summed E-state index contributed by atoms with van der Waals surface area (Å²) in [5, 5.41) is 1.26. The Morgan fingerprint density at radius 3 is 3.00 bits per heavy atom. The largest absolute Gasteiger partial charge is 0.493 e. The van der Waals surface area contributed by atoms with E-state index in [1.807, 2.05) is 0 Å². The Morgan fingerprint density at radius 2 is 2.21 bits per heavy atom. The van der Waals surface area contributed by atoms with Crippen molar-refractivity contribution in [1.29, 1.82) is 0 Å². The van der Waals surface area contributed by atoms with Gasteiger partial charge in [0.1, 0.15) is 11.5 Å². The minimum absolute atomic E-state index is 0.186. The van der Waals surface area contributed by atoms with Gasteiger partial charge in [-0.15, -0.1) is 0 Å². The van der Waals surface area contributed by atoms with Gasteiger partial charge in [-0.3, -0.25) is 4.79 Å². The van der Waals surface area contributed by atoms with Crippen molar-refractivity contribution < 1.29 is 23.1 Å². The van der Waals surface area contributed by atoms with Crippen LogP contribution in [0, 0.1) is 0 Å². The maximum atomic E-state index is 13.0. The predicted molar refractivity (Wildman–Crippen MR) is 101 cm³/mol. The second kappa shape index (κ2) is 6.83. The van der Waals surface area contributed by atoms with Gasteiger partial charge in [0.05, 0.1) is 26.2 Å². The molecule has 0 aliphatic carbocycles. The monoisotopic (exact) mass is 402 g/mol. The molecule has 0 saturated carbocycles. The Hall–Kier alpha value is -2.51. The number of carbonyl (C=O) groups excluding carboxylic acids is 1. The summed E-state index contributed by atoms with van der Waals surface area (Å²) in [6.07, 6.45) is 1.56. The van der Waals surface area contributed by atoms with Crippen molar-refractivity contribution in [2.75, 3.05) is 26.9 Å². The molecule has 1 saturated heterocycles. The van der Waals surface area contributed by atoms with E-state index in [2.05, 4.69) is 4.98 Å². The number of aromatic nitrogens is 1. The van der Waals surface area contributed by atoms with Crippen LogP contribution in [0.5, 0.6) is 5.75 Å². The number of benzene rings is 1. The van der Waals surface area contributed by atoms with Crippen LogP contribution in [0.2, 0.25) is 5.02 Å². The second-order valence-corrected chi connectivity index (χ2v) is 7.53. The summed E-state index contributed by atoms with van der Waals surface area (Å²) in [4.78, 5) is 19.4. The Kier molecular flexibility index (Phi) is 4.29. The van der Waals surface area contributed by atoms with Crippen molar-refractivity contribution in [1.82, 2.24) is 9.88 Å². The number of furan rings is 1. The van der Waals surface area contributed by atoms with E-state index >= 15 is 0 Å². The third-order valence-corrected chi connectivity index (χ3v) is 5.51. The fourth-order valence-corrected chi connectivity index (χ4v) is 4.01. The highest BCUT2D eigenvalue weighted by atomic mass is 35.5. The number of rotatable bonds is 3. The lowest BCUT2D eigenvalue weighted by Crippen LogP contribution is -2.35. The summed E-state index contributed by atoms with van der Waals surface area (Å²) in [7, 11) is 1.54. The number of halogens is 1. The highest BCUT2D eigenvalue weighted by Crippen LogP contribution is 2.34. The first-order valence-electron chi connectivity index (χ1n) is 9.25. The van der Waals surface area contributed by atoms with E-state index in [0.29, 0.717) is 42.5 Å². The van der Waals surface area contributed by atoms with Gasteiger partial charge in [0.2, 0.25) is 0 Å². The van der Waals surface area contributed by atoms with Crippen LogP contribution in [-0.2, 0) is 17.7 Å². The maximum absolute atomic E-state index is 13.0. The van der Waals surface area contributed by atoms with E-state index in [-0.39, 0.29) is 17.6 Å². The molecular weight excluding hydrogens is 384 g/mol. The van der Waals surface area contributed by atoms with Gasteiger partial charge < -0.3 is 23.2 Å². The number of hydrogen-bond acceptors (Lipinski definition) is 6. The number of amides is 1. The molecule has 1 fully saturated rings. The highest BCUT2D eigenvalue weighted by Gasteiger charge is 2.31. The molecule has 1 unspecified atom stereocenters. The lowest BCUT2D eigenvalue weighted by Gasteiger charge is -2.24. The van der Waals surface area contributed by atoms with Crippen molar-refractivity contribution >= 4 is 28.5 Å². The zero-order chi connectivity index (χ0) is 19.3. The molecule has 28 heavy (non-hydrogen) atoms. The van der Waals surface area contributed by atoms with E-state index in [1.54, 1.807) is 30.2 Å². The summed E-state index contributed by atoms with van der Waals surface area (Å²) in [5.74, 6) is 2.37. The molecule has 5 rings (SSSR count). The molecule has 3 aromatic rings. The number of fused-ring (bicyclic) bond motifs is 2.